The molecule has 0 aromatic heterocycles. The zero-order valence-corrected chi connectivity index (χ0v) is 14.4. The van der Waals surface area contributed by atoms with Crippen LogP contribution in [0.2, 0.25) is 0 Å². The van der Waals surface area contributed by atoms with Gasteiger partial charge in [0.2, 0.25) is 0 Å². The van der Waals surface area contributed by atoms with Crippen LogP contribution in [0.1, 0.15) is 66.7 Å². The van der Waals surface area contributed by atoms with Crippen molar-refractivity contribution in [2.45, 2.75) is 72.3 Å². The van der Waals surface area contributed by atoms with Crippen molar-refractivity contribution < 1.29 is 5.11 Å². The van der Waals surface area contributed by atoms with Gasteiger partial charge in [0.05, 0.1) is 5.60 Å². The van der Waals surface area contributed by atoms with Crippen LogP contribution in [0.15, 0.2) is 23.3 Å². The van der Waals surface area contributed by atoms with Gasteiger partial charge in [-0.1, -0.05) is 30.2 Å². The van der Waals surface area contributed by atoms with Crippen LogP contribution >= 0.6 is 0 Å². The predicted octanol–water partition coefficient (Wildman–Crippen LogP) is 5.11. The Bertz CT molecular complexity index is 480. The lowest BCUT2D eigenvalue weighted by atomic mass is 9.68. The second-order valence-electron chi connectivity index (χ2n) is 8.49. The van der Waals surface area contributed by atoms with Crippen molar-refractivity contribution in [3.05, 3.63) is 23.3 Å². The molecule has 1 spiro atoms. The van der Waals surface area contributed by atoms with Crippen molar-refractivity contribution in [2.75, 3.05) is 0 Å². The van der Waals surface area contributed by atoms with Crippen molar-refractivity contribution in [3.63, 3.8) is 0 Å². The lowest BCUT2D eigenvalue weighted by Crippen LogP contribution is -2.42. The van der Waals surface area contributed by atoms with E-state index in [2.05, 4.69) is 46.8 Å². The zero-order valence-electron chi connectivity index (χ0n) is 14.4. The van der Waals surface area contributed by atoms with E-state index < -0.39 is 5.60 Å². The molecular weight excluding hydrogens is 256 g/mol. The highest BCUT2D eigenvalue weighted by Crippen LogP contribution is 2.80. The molecule has 0 aromatic carbocycles. The van der Waals surface area contributed by atoms with Gasteiger partial charge in [-0.3, -0.25) is 0 Å². The highest BCUT2D eigenvalue weighted by molar-refractivity contribution is 5.30. The highest BCUT2D eigenvalue weighted by atomic mass is 16.3. The van der Waals surface area contributed by atoms with Gasteiger partial charge in [0.1, 0.15) is 0 Å². The Morgan fingerprint density at radius 2 is 1.81 bits per heavy atom. The number of hydrogen-bond acceptors (Lipinski definition) is 1. The second kappa shape index (κ2) is 4.98. The van der Waals surface area contributed by atoms with Crippen LogP contribution in [0.4, 0.5) is 0 Å². The van der Waals surface area contributed by atoms with Crippen LogP contribution in [-0.2, 0) is 0 Å². The van der Waals surface area contributed by atoms with Crippen molar-refractivity contribution in [1.29, 1.82) is 0 Å². The standard InChI is InChI=1S/C20H32O/c1-13(2)7-6-8-14(3)16-10-11-19(5,21)20-12-9-15(4)17(20)18(16)20/h7-8,15-18,21H,6,9-12H2,1-5H3/b14-8-/t15-,16-,17+,18+,19+,20-/m1/s1. The third kappa shape index (κ3) is 2.15. The van der Waals surface area contributed by atoms with Crippen molar-refractivity contribution in [3.8, 4) is 0 Å². The Balaban J connectivity index is 1.80. The summed E-state index contributed by atoms with van der Waals surface area (Å²) in [5, 5.41) is 11.0. The molecule has 3 fully saturated rings. The molecule has 0 aromatic rings. The lowest BCUT2D eigenvalue weighted by Gasteiger charge is -2.41. The van der Waals surface area contributed by atoms with Gasteiger partial charge in [-0.15, -0.1) is 0 Å². The van der Waals surface area contributed by atoms with E-state index in [4.69, 9.17) is 0 Å². The summed E-state index contributed by atoms with van der Waals surface area (Å²) in [6.07, 6.45) is 10.6. The van der Waals surface area contributed by atoms with E-state index in [0.29, 0.717) is 0 Å². The van der Waals surface area contributed by atoms with E-state index >= 15 is 0 Å². The first-order valence-corrected chi connectivity index (χ1v) is 8.83. The fourth-order valence-electron chi connectivity index (χ4n) is 5.93. The molecular formula is C20H32O. The predicted molar refractivity (Wildman–Crippen MR) is 89.0 cm³/mol. The van der Waals surface area contributed by atoms with Crippen molar-refractivity contribution in [2.24, 2.45) is 29.1 Å². The second-order valence-corrected chi connectivity index (χ2v) is 8.49. The number of rotatable bonds is 3. The monoisotopic (exact) mass is 288 g/mol. The quantitative estimate of drug-likeness (QED) is 0.715. The van der Waals surface area contributed by atoms with Gasteiger partial charge < -0.3 is 5.11 Å². The van der Waals surface area contributed by atoms with Crippen LogP contribution in [0.3, 0.4) is 0 Å². The maximum Gasteiger partial charge on any atom is 0.0681 e. The molecule has 0 aliphatic heterocycles. The first-order chi connectivity index (χ1) is 9.81. The molecule has 0 amide bonds. The summed E-state index contributed by atoms with van der Waals surface area (Å²) >= 11 is 0. The first-order valence-electron chi connectivity index (χ1n) is 8.83. The molecule has 118 valence electrons. The molecule has 1 N–H and O–H groups in total. The van der Waals surface area contributed by atoms with Crippen LogP contribution in [0.5, 0.6) is 0 Å². The van der Waals surface area contributed by atoms with Gasteiger partial charge in [0, 0.05) is 5.41 Å². The van der Waals surface area contributed by atoms with E-state index in [1.807, 2.05) is 0 Å². The third-order valence-electron chi connectivity index (χ3n) is 7.02. The fraction of sp³-hybridized carbons (Fsp3) is 0.800. The Kier molecular flexibility index (Phi) is 3.64. The zero-order chi connectivity index (χ0) is 15.4. The maximum atomic E-state index is 11.0. The first kappa shape index (κ1) is 15.3. The lowest BCUT2D eigenvalue weighted by molar-refractivity contribution is -0.0579. The fourth-order valence-corrected chi connectivity index (χ4v) is 5.93. The number of aliphatic hydroxyl groups is 1. The number of fused-ring (bicyclic) bond motifs is 1. The van der Waals surface area contributed by atoms with Crippen LogP contribution in [0.25, 0.3) is 0 Å². The minimum atomic E-state index is -0.413. The molecule has 1 heteroatoms. The average molecular weight is 288 g/mol. The molecule has 0 bridgehead atoms. The largest absolute Gasteiger partial charge is 0.390 e. The van der Waals surface area contributed by atoms with Crippen LogP contribution in [-0.4, -0.2) is 10.7 Å². The molecule has 0 heterocycles. The van der Waals surface area contributed by atoms with Gasteiger partial charge >= 0.3 is 0 Å². The van der Waals surface area contributed by atoms with Gasteiger partial charge in [-0.25, -0.2) is 0 Å². The molecule has 0 radical (unpaired) electrons. The molecule has 21 heavy (non-hydrogen) atoms. The van der Waals surface area contributed by atoms with E-state index in [9.17, 15) is 5.11 Å². The van der Waals surface area contributed by atoms with Crippen LogP contribution < -0.4 is 0 Å². The Morgan fingerprint density at radius 3 is 2.48 bits per heavy atom. The van der Waals surface area contributed by atoms with E-state index in [0.717, 1.165) is 36.5 Å². The molecule has 3 rings (SSSR count). The summed E-state index contributed by atoms with van der Waals surface area (Å²) in [7, 11) is 0. The van der Waals surface area contributed by atoms with E-state index in [1.54, 1.807) is 5.57 Å². The molecule has 3 saturated carbocycles. The van der Waals surface area contributed by atoms with Gasteiger partial charge in [-0.05, 0) is 83.5 Å². The highest BCUT2D eigenvalue weighted by Gasteiger charge is 2.78. The summed E-state index contributed by atoms with van der Waals surface area (Å²) in [6, 6.07) is 0. The SMILES string of the molecule is CC(C)=CC/C=C(/C)[C@H]1CC[C@](C)(O)[C@]23CC[C@@H](C)[C@H]2[C@H]13. The van der Waals surface area contributed by atoms with Crippen molar-refractivity contribution in [1.82, 2.24) is 0 Å². The maximum absolute atomic E-state index is 11.0. The molecule has 6 atom stereocenters. The molecule has 3 aliphatic carbocycles. The van der Waals surface area contributed by atoms with E-state index in [-0.39, 0.29) is 5.41 Å². The Labute approximate surface area is 130 Å². The van der Waals surface area contributed by atoms with Gasteiger partial charge in [0.25, 0.3) is 0 Å². The molecule has 3 aliphatic rings. The van der Waals surface area contributed by atoms with E-state index in [1.165, 1.54) is 24.8 Å². The molecule has 0 saturated heterocycles. The minimum Gasteiger partial charge on any atom is -0.390 e. The summed E-state index contributed by atoms with van der Waals surface area (Å²) in [5.74, 6) is 3.08. The minimum absolute atomic E-state index is 0.265. The summed E-state index contributed by atoms with van der Waals surface area (Å²) in [4.78, 5) is 0. The average Bonchev–Trinajstić information content (AvgIpc) is 2.95. The summed E-state index contributed by atoms with van der Waals surface area (Å²) in [6.45, 7) is 11.2. The van der Waals surface area contributed by atoms with Gasteiger partial charge in [-0.2, -0.15) is 0 Å². The Hall–Kier alpha value is -0.560. The third-order valence-corrected chi connectivity index (χ3v) is 7.02. The number of allylic oxidation sites excluding steroid dienone is 4. The molecule has 1 nitrogen and oxygen atoms in total. The topological polar surface area (TPSA) is 20.2 Å². The Morgan fingerprint density at radius 1 is 1.10 bits per heavy atom. The van der Waals surface area contributed by atoms with Crippen LogP contribution in [0, 0.1) is 29.1 Å². The summed E-state index contributed by atoms with van der Waals surface area (Å²) in [5.41, 5.74) is 2.83. The van der Waals surface area contributed by atoms with Crippen molar-refractivity contribution >= 4 is 0 Å². The molecule has 0 unspecified atom stereocenters. The van der Waals surface area contributed by atoms with Gasteiger partial charge in [0.15, 0.2) is 0 Å². The smallest absolute Gasteiger partial charge is 0.0681 e. The number of hydrogen-bond donors (Lipinski definition) is 1. The summed E-state index contributed by atoms with van der Waals surface area (Å²) < 4.78 is 0. The normalized spacial score (nSPS) is 48.6.